The summed E-state index contributed by atoms with van der Waals surface area (Å²) in [5.74, 6) is -0.774. The Hall–Kier alpha value is -4.11. The predicted octanol–water partition coefficient (Wildman–Crippen LogP) is 5.69. The fourth-order valence-corrected chi connectivity index (χ4v) is 6.10. The van der Waals surface area contributed by atoms with E-state index in [2.05, 4.69) is 0 Å². The topological polar surface area (TPSA) is 96.6 Å². The highest BCUT2D eigenvalue weighted by Crippen LogP contribution is 2.27. The van der Waals surface area contributed by atoms with Crippen LogP contribution in [-0.2, 0) is 19.3 Å². The molecule has 0 saturated heterocycles. The molecule has 4 aromatic rings. The van der Waals surface area contributed by atoms with Crippen molar-refractivity contribution >= 4 is 21.8 Å². The highest BCUT2D eigenvalue weighted by molar-refractivity contribution is 7.91. The van der Waals surface area contributed by atoms with Crippen molar-refractivity contribution in [1.29, 1.82) is 0 Å². The SMILES string of the molecule is CCOC(=O)c1cc(C)n(-c2ccc(S(=O)(=O)c3ccc(-n4c(C)cc(C(=O)OCC)c4C)cc3)cc2)c1C. The highest BCUT2D eigenvalue weighted by atomic mass is 32.2. The first-order chi connectivity index (χ1) is 18.5. The van der Waals surface area contributed by atoms with Crippen LogP contribution in [0.4, 0.5) is 0 Å². The third-order valence-electron chi connectivity index (χ3n) is 6.66. The third-order valence-corrected chi connectivity index (χ3v) is 8.45. The number of rotatable bonds is 8. The molecule has 0 aliphatic rings. The Balaban J connectivity index is 1.62. The van der Waals surface area contributed by atoms with Crippen LogP contribution in [0.25, 0.3) is 11.4 Å². The molecule has 0 amide bonds. The number of ether oxygens (including phenoxy) is 2. The van der Waals surface area contributed by atoms with Crippen molar-refractivity contribution in [3.05, 3.63) is 94.6 Å². The molecule has 4 rings (SSSR count). The highest BCUT2D eigenvalue weighted by Gasteiger charge is 2.22. The molecule has 8 nitrogen and oxygen atoms in total. The molecular weight excluding hydrogens is 516 g/mol. The molecule has 0 radical (unpaired) electrons. The van der Waals surface area contributed by atoms with Gasteiger partial charge in [-0.15, -0.1) is 0 Å². The van der Waals surface area contributed by atoms with Crippen molar-refractivity contribution in [3.63, 3.8) is 0 Å². The fraction of sp³-hybridized carbons (Fsp3) is 0.267. The van der Waals surface area contributed by atoms with Crippen molar-refractivity contribution < 1.29 is 27.5 Å². The normalized spacial score (nSPS) is 11.4. The van der Waals surface area contributed by atoms with E-state index in [-0.39, 0.29) is 34.9 Å². The molecule has 0 spiro atoms. The van der Waals surface area contributed by atoms with Gasteiger partial charge in [-0.25, -0.2) is 18.0 Å². The molecule has 0 aliphatic heterocycles. The Morgan fingerprint density at radius 1 is 0.641 bits per heavy atom. The van der Waals surface area contributed by atoms with Crippen LogP contribution in [0, 0.1) is 27.7 Å². The Kier molecular flexibility index (Phi) is 7.83. The van der Waals surface area contributed by atoms with E-state index in [9.17, 15) is 18.0 Å². The van der Waals surface area contributed by atoms with Gasteiger partial charge in [0.15, 0.2) is 0 Å². The molecule has 0 aliphatic carbocycles. The monoisotopic (exact) mass is 548 g/mol. The summed E-state index contributed by atoms with van der Waals surface area (Å²) < 4.78 is 40.9. The average molecular weight is 549 g/mol. The molecule has 2 aromatic heterocycles. The number of esters is 2. The molecule has 39 heavy (non-hydrogen) atoms. The second-order valence-electron chi connectivity index (χ2n) is 9.17. The van der Waals surface area contributed by atoms with Crippen molar-refractivity contribution in [2.75, 3.05) is 13.2 Å². The van der Waals surface area contributed by atoms with Gasteiger partial charge in [0.05, 0.1) is 34.1 Å². The number of benzene rings is 2. The van der Waals surface area contributed by atoms with Gasteiger partial charge in [-0.3, -0.25) is 0 Å². The number of carbonyl (C=O) groups is 2. The number of hydrogen-bond donors (Lipinski definition) is 0. The zero-order chi connectivity index (χ0) is 28.5. The van der Waals surface area contributed by atoms with Crippen LogP contribution >= 0.6 is 0 Å². The van der Waals surface area contributed by atoms with Gasteiger partial charge in [0.25, 0.3) is 0 Å². The summed E-state index contributed by atoms with van der Waals surface area (Å²) in [6.07, 6.45) is 0. The van der Waals surface area contributed by atoms with Crippen LogP contribution < -0.4 is 0 Å². The summed E-state index contributed by atoms with van der Waals surface area (Å²) >= 11 is 0. The van der Waals surface area contributed by atoms with E-state index >= 15 is 0 Å². The lowest BCUT2D eigenvalue weighted by atomic mass is 10.2. The number of aryl methyl sites for hydroxylation is 2. The van der Waals surface area contributed by atoms with E-state index in [0.29, 0.717) is 11.1 Å². The first-order valence-electron chi connectivity index (χ1n) is 12.7. The van der Waals surface area contributed by atoms with Crippen LogP contribution in [0.5, 0.6) is 0 Å². The maximum absolute atomic E-state index is 13.4. The van der Waals surface area contributed by atoms with Crippen LogP contribution in [0.3, 0.4) is 0 Å². The average Bonchev–Trinajstić information content (AvgIpc) is 3.38. The van der Waals surface area contributed by atoms with Crippen LogP contribution in [0.1, 0.15) is 57.3 Å². The lowest BCUT2D eigenvalue weighted by Crippen LogP contribution is -2.08. The lowest BCUT2D eigenvalue weighted by Gasteiger charge is -2.13. The van der Waals surface area contributed by atoms with E-state index in [4.69, 9.17) is 9.47 Å². The van der Waals surface area contributed by atoms with Gasteiger partial charge in [-0.2, -0.15) is 0 Å². The molecular formula is C30H32N2O6S. The first-order valence-corrected chi connectivity index (χ1v) is 14.2. The van der Waals surface area contributed by atoms with Gasteiger partial charge in [-0.1, -0.05) is 0 Å². The van der Waals surface area contributed by atoms with Crippen LogP contribution in [0.15, 0.2) is 70.5 Å². The molecule has 0 unspecified atom stereocenters. The Morgan fingerprint density at radius 3 is 1.28 bits per heavy atom. The minimum atomic E-state index is -3.78. The Labute approximate surface area is 228 Å². The maximum atomic E-state index is 13.4. The number of aromatic nitrogens is 2. The number of carbonyl (C=O) groups excluding carboxylic acids is 2. The van der Waals surface area contributed by atoms with Gasteiger partial charge in [0, 0.05) is 34.2 Å². The third kappa shape index (κ3) is 5.14. The van der Waals surface area contributed by atoms with Gasteiger partial charge in [-0.05, 0) is 102 Å². The van der Waals surface area contributed by atoms with E-state index in [1.54, 1.807) is 74.5 Å². The van der Waals surface area contributed by atoms with Crippen LogP contribution in [-0.4, -0.2) is 42.7 Å². The quantitative estimate of drug-likeness (QED) is 0.263. The van der Waals surface area contributed by atoms with Gasteiger partial charge in [0.1, 0.15) is 0 Å². The molecule has 9 heteroatoms. The number of nitrogens with zero attached hydrogens (tertiary/aromatic N) is 2. The minimum Gasteiger partial charge on any atom is -0.462 e. The summed E-state index contributed by atoms with van der Waals surface area (Å²) in [4.78, 5) is 24.9. The summed E-state index contributed by atoms with van der Waals surface area (Å²) in [6.45, 7) is 11.5. The Morgan fingerprint density at radius 2 is 0.974 bits per heavy atom. The zero-order valence-electron chi connectivity index (χ0n) is 22.9. The molecule has 0 atom stereocenters. The van der Waals surface area contributed by atoms with Crippen molar-refractivity contribution in [3.8, 4) is 11.4 Å². The van der Waals surface area contributed by atoms with Gasteiger partial charge in [0.2, 0.25) is 9.84 Å². The standard InChI is InChI=1S/C30H32N2O6S/c1-7-37-29(33)27-17-19(3)31(21(27)5)23-9-13-25(14-10-23)39(35,36)26-15-11-24(12-16-26)32-20(4)18-28(22(32)6)30(34)38-8-2/h9-18H,7-8H2,1-6H3. The van der Waals surface area contributed by atoms with Gasteiger partial charge >= 0.3 is 11.9 Å². The van der Waals surface area contributed by atoms with Crippen molar-refractivity contribution in [2.24, 2.45) is 0 Å². The second kappa shape index (κ2) is 10.9. The minimum absolute atomic E-state index is 0.157. The fourth-order valence-electron chi connectivity index (χ4n) is 4.84. The number of hydrogen-bond acceptors (Lipinski definition) is 6. The number of sulfone groups is 1. The van der Waals surface area contributed by atoms with E-state index < -0.39 is 9.84 Å². The van der Waals surface area contributed by atoms with Crippen molar-refractivity contribution in [1.82, 2.24) is 9.13 Å². The largest absolute Gasteiger partial charge is 0.462 e. The molecule has 0 N–H and O–H groups in total. The second-order valence-corrected chi connectivity index (χ2v) is 11.1. The summed E-state index contributed by atoms with van der Waals surface area (Å²) in [5, 5.41) is 0. The van der Waals surface area contributed by atoms with E-state index in [1.165, 1.54) is 0 Å². The smallest absolute Gasteiger partial charge is 0.339 e. The molecule has 2 heterocycles. The van der Waals surface area contributed by atoms with E-state index in [1.807, 2.05) is 36.8 Å². The molecule has 0 saturated carbocycles. The summed E-state index contributed by atoms with van der Waals surface area (Å²) in [5.41, 5.74) is 5.56. The summed E-state index contributed by atoms with van der Waals surface area (Å²) in [6, 6.07) is 16.7. The first kappa shape index (κ1) is 27.9. The van der Waals surface area contributed by atoms with E-state index in [0.717, 1.165) is 34.2 Å². The van der Waals surface area contributed by atoms with Crippen LogP contribution in [0.2, 0.25) is 0 Å². The Bertz CT molecular complexity index is 1530. The predicted molar refractivity (Wildman–Crippen MR) is 148 cm³/mol. The zero-order valence-corrected chi connectivity index (χ0v) is 23.8. The summed E-state index contributed by atoms with van der Waals surface area (Å²) in [7, 11) is -3.78. The molecule has 0 fully saturated rings. The van der Waals surface area contributed by atoms with Gasteiger partial charge < -0.3 is 18.6 Å². The van der Waals surface area contributed by atoms with Crippen molar-refractivity contribution in [2.45, 2.75) is 51.3 Å². The maximum Gasteiger partial charge on any atom is 0.339 e. The lowest BCUT2D eigenvalue weighted by molar-refractivity contribution is 0.0516. The molecule has 2 aromatic carbocycles. The molecule has 0 bridgehead atoms. The molecule has 204 valence electrons.